The number of aliphatic hydroxyl groups is 2. The third-order valence-corrected chi connectivity index (χ3v) is 8.37. The number of carbonyl (C=O) groups excluding carboxylic acids is 2. The first kappa shape index (κ1) is 29.6. The number of aromatic nitrogens is 1. The predicted octanol–water partition coefficient (Wildman–Crippen LogP) is 4.30. The number of nitrogens with zero attached hydrogens (tertiary/aromatic N) is 1. The van der Waals surface area contributed by atoms with Gasteiger partial charge in [0.2, 0.25) is 0 Å². The Bertz CT molecular complexity index is 911. The number of nitrogens with one attached hydrogen (secondary N) is 1. The number of aryl methyl sites for hydroxylation is 1. The summed E-state index contributed by atoms with van der Waals surface area (Å²) in [7, 11) is 0. The zero-order chi connectivity index (χ0) is 25.2. The molecule has 0 saturated carbocycles. The Balaban J connectivity index is 0.00000432. The summed E-state index contributed by atoms with van der Waals surface area (Å²) in [5, 5.41) is 28.1. The van der Waals surface area contributed by atoms with Gasteiger partial charge in [-0.05, 0) is 44.3 Å². The van der Waals surface area contributed by atoms with Gasteiger partial charge in [0.1, 0.15) is 11.9 Å². The monoisotopic (exact) mass is 508 g/mol. The third-order valence-electron chi connectivity index (χ3n) is 7.58. The second-order valence-electron chi connectivity index (χ2n) is 10.8. The number of fused-ring (bicyclic) bond motifs is 1. The van der Waals surface area contributed by atoms with Crippen LogP contribution < -0.4 is 5.32 Å². The number of ketones is 1. The number of carbonyl (C=O) groups is 2. The summed E-state index contributed by atoms with van der Waals surface area (Å²) >= 11 is 1.57. The van der Waals surface area contributed by atoms with Crippen molar-refractivity contribution in [3.05, 3.63) is 21.7 Å². The number of aliphatic hydroxyl groups excluding tert-OH is 2. The average Bonchev–Trinajstić information content (AvgIpc) is 3.38. The van der Waals surface area contributed by atoms with E-state index < -0.39 is 35.6 Å². The Labute approximate surface area is 214 Å². The van der Waals surface area contributed by atoms with Crippen LogP contribution in [0.15, 0.2) is 11.0 Å². The van der Waals surface area contributed by atoms with Gasteiger partial charge < -0.3 is 20.3 Å². The summed E-state index contributed by atoms with van der Waals surface area (Å²) in [5.41, 5.74) is 0.567. The molecular formula is C27H44N2O5S. The van der Waals surface area contributed by atoms with E-state index in [0.717, 1.165) is 35.5 Å². The third kappa shape index (κ3) is 7.44. The molecule has 0 aliphatic carbocycles. The maximum atomic E-state index is 13.2. The van der Waals surface area contributed by atoms with Crippen LogP contribution in [0.1, 0.15) is 84.9 Å². The molecule has 2 fully saturated rings. The SMILES string of the molecule is C.C/C(=C\c1csc(C)n1)C1CC2NC2CCCC(C)C(O)C(C)C(=O)C(C)(C)[C@@H](O)CC(=O)O1. The van der Waals surface area contributed by atoms with Crippen LogP contribution in [0, 0.1) is 24.2 Å². The molecular weight excluding hydrogens is 464 g/mol. The van der Waals surface area contributed by atoms with Crippen LogP contribution in [-0.2, 0) is 14.3 Å². The Morgan fingerprint density at radius 3 is 2.54 bits per heavy atom. The minimum atomic E-state index is -1.21. The highest BCUT2D eigenvalue weighted by Gasteiger charge is 2.43. The molecule has 35 heavy (non-hydrogen) atoms. The van der Waals surface area contributed by atoms with Crippen molar-refractivity contribution in [3.8, 4) is 0 Å². The second kappa shape index (κ2) is 12.1. The van der Waals surface area contributed by atoms with Gasteiger partial charge in [-0.1, -0.05) is 41.5 Å². The Morgan fingerprint density at radius 1 is 1.23 bits per heavy atom. The fourth-order valence-electron chi connectivity index (χ4n) is 4.92. The van der Waals surface area contributed by atoms with Crippen molar-refractivity contribution in [2.75, 3.05) is 0 Å². The fourth-order valence-corrected chi connectivity index (χ4v) is 5.49. The molecule has 6 unspecified atom stereocenters. The van der Waals surface area contributed by atoms with E-state index in [1.165, 1.54) is 0 Å². The standard InChI is InChI=1S/C26H40N2O5S.CH4/c1-14-8-7-9-19-20(28-19)11-21(15(2)10-18-13-34-17(4)27-18)33-23(30)12-22(29)26(5,6)25(32)16(3)24(14)31;/h10,13-14,16,19-22,24,28-29,31H,7-9,11-12H2,1-6H3;1H4/b15-10+;/t14?,16?,19?,20?,21?,22-,24?;/m0./s1. The number of hydrogen-bond acceptors (Lipinski definition) is 8. The number of rotatable bonds is 2. The summed E-state index contributed by atoms with van der Waals surface area (Å²) in [6.45, 7) is 10.8. The molecule has 1 aromatic rings. The van der Waals surface area contributed by atoms with Crippen molar-refractivity contribution < 1.29 is 24.5 Å². The molecule has 0 bridgehead atoms. The van der Waals surface area contributed by atoms with E-state index in [0.29, 0.717) is 12.5 Å². The minimum Gasteiger partial charge on any atom is -0.458 e. The summed E-state index contributed by atoms with van der Waals surface area (Å²) in [6, 6.07) is 0.615. The normalized spacial score (nSPS) is 35.0. The molecule has 0 spiro atoms. The number of Topliss-reactive ketones (excluding diaryl/α,β-unsaturated/α-hetero) is 1. The number of thiazole rings is 1. The first-order valence-corrected chi connectivity index (χ1v) is 13.2. The smallest absolute Gasteiger partial charge is 0.309 e. The quantitative estimate of drug-likeness (QED) is 0.403. The van der Waals surface area contributed by atoms with E-state index in [4.69, 9.17) is 4.74 Å². The number of esters is 1. The van der Waals surface area contributed by atoms with E-state index in [2.05, 4.69) is 10.3 Å². The van der Waals surface area contributed by atoms with E-state index in [1.807, 2.05) is 32.2 Å². The Hall–Kier alpha value is -1.61. The maximum Gasteiger partial charge on any atom is 0.309 e. The van der Waals surface area contributed by atoms with E-state index in [9.17, 15) is 19.8 Å². The van der Waals surface area contributed by atoms with Gasteiger partial charge in [-0.3, -0.25) is 9.59 Å². The van der Waals surface area contributed by atoms with Crippen molar-refractivity contribution in [2.45, 2.75) is 111 Å². The van der Waals surface area contributed by atoms with Gasteiger partial charge in [0.15, 0.2) is 0 Å². The first-order chi connectivity index (χ1) is 15.9. The molecule has 3 heterocycles. The van der Waals surface area contributed by atoms with Crippen LogP contribution >= 0.6 is 11.3 Å². The predicted molar refractivity (Wildman–Crippen MR) is 140 cm³/mol. The molecule has 2 aliphatic rings. The molecule has 0 amide bonds. The molecule has 2 saturated heterocycles. The second-order valence-corrected chi connectivity index (χ2v) is 11.8. The zero-order valence-electron chi connectivity index (χ0n) is 21.2. The van der Waals surface area contributed by atoms with Gasteiger partial charge in [-0.2, -0.15) is 0 Å². The van der Waals surface area contributed by atoms with Gasteiger partial charge in [0.25, 0.3) is 0 Å². The van der Waals surface area contributed by atoms with Crippen LogP contribution in [0.3, 0.4) is 0 Å². The lowest BCUT2D eigenvalue weighted by Crippen LogP contribution is -2.45. The summed E-state index contributed by atoms with van der Waals surface area (Å²) in [5.74, 6) is -1.43. The summed E-state index contributed by atoms with van der Waals surface area (Å²) in [6.07, 6.45) is 2.64. The van der Waals surface area contributed by atoms with Crippen LogP contribution in [0.4, 0.5) is 0 Å². The molecule has 7 nitrogen and oxygen atoms in total. The van der Waals surface area contributed by atoms with Gasteiger partial charge in [-0.15, -0.1) is 11.3 Å². The number of ether oxygens (including phenoxy) is 1. The van der Waals surface area contributed by atoms with Gasteiger partial charge in [-0.25, -0.2) is 4.98 Å². The maximum absolute atomic E-state index is 13.2. The molecule has 0 radical (unpaired) electrons. The molecule has 3 N–H and O–H groups in total. The Morgan fingerprint density at radius 2 is 1.91 bits per heavy atom. The molecule has 2 aliphatic heterocycles. The molecule has 7 atom stereocenters. The van der Waals surface area contributed by atoms with Crippen LogP contribution in [0.25, 0.3) is 6.08 Å². The van der Waals surface area contributed by atoms with Crippen LogP contribution in [0.5, 0.6) is 0 Å². The molecule has 198 valence electrons. The van der Waals surface area contributed by atoms with Crippen LogP contribution in [0.2, 0.25) is 0 Å². The minimum absolute atomic E-state index is 0. The number of cyclic esters (lactones) is 1. The molecule has 1 aromatic heterocycles. The molecule has 8 heteroatoms. The highest BCUT2D eigenvalue weighted by Crippen LogP contribution is 2.33. The highest BCUT2D eigenvalue weighted by atomic mass is 32.1. The van der Waals surface area contributed by atoms with Gasteiger partial charge in [0, 0.05) is 29.8 Å². The van der Waals surface area contributed by atoms with E-state index >= 15 is 0 Å². The van der Waals surface area contributed by atoms with Crippen molar-refractivity contribution in [3.63, 3.8) is 0 Å². The Kier molecular flexibility index (Phi) is 10.2. The first-order valence-electron chi connectivity index (χ1n) is 12.4. The number of hydrogen-bond donors (Lipinski definition) is 3. The fraction of sp³-hybridized carbons (Fsp3) is 0.741. The zero-order valence-corrected chi connectivity index (χ0v) is 22.0. The topological polar surface area (TPSA) is 119 Å². The lowest BCUT2D eigenvalue weighted by Gasteiger charge is -2.34. The highest BCUT2D eigenvalue weighted by molar-refractivity contribution is 7.09. The van der Waals surface area contributed by atoms with Gasteiger partial charge >= 0.3 is 5.97 Å². The molecule has 3 rings (SSSR count). The van der Waals surface area contributed by atoms with Crippen molar-refractivity contribution in [1.29, 1.82) is 0 Å². The van der Waals surface area contributed by atoms with E-state index in [1.54, 1.807) is 32.1 Å². The lowest BCUT2D eigenvalue weighted by atomic mass is 9.73. The molecule has 0 aromatic carbocycles. The van der Waals surface area contributed by atoms with Gasteiger partial charge in [0.05, 0.1) is 34.7 Å². The average molecular weight is 509 g/mol. The van der Waals surface area contributed by atoms with Crippen LogP contribution in [-0.4, -0.2) is 57.3 Å². The van der Waals surface area contributed by atoms with E-state index in [-0.39, 0.29) is 31.6 Å². The largest absolute Gasteiger partial charge is 0.458 e. The van der Waals surface area contributed by atoms with Crippen molar-refractivity contribution in [2.24, 2.45) is 17.3 Å². The van der Waals surface area contributed by atoms with Crippen molar-refractivity contribution in [1.82, 2.24) is 10.3 Å². The summed E-state index contributed by atoms with van der Waals surface area (Å²) < 4.78 is 5.86. The summed E-state index contributed by atoms with van der Waals surface area (Å²) in [4.78, 5) is 30.5. The lowest BCUT2D eigenvalue weighted by molar-refractivity contribution is -0.154. The van der Waals surface area contributed by atoms with Crippen molar-refractivity contribution >= 4 is 29.2 Å².